The Morgan fingerprint density at radius 2 is 1.44 bits per heavy atom. The number of piperidine rings is 1. The molecule has 0 bridgehead atoms. The van der Waals surface area contributed by atoms with Crippen molar-refractivity contribution in [1.82, 2.24) is 5.32 Å². The monoisotopic (exact) mass is 231 g/mol. The Kier molecular flexibility index (Phi) is 3.83. The standard InChI is InChI=1S/C9H13NO6/c11-7(12)3-4-1-5(8(13)14)10-6(2-4)9(15)16/h4-6,10H,1-3H2,(H,11,12)(H,13,14)(H,15,16). The van der Waals surface area contributed by atoms with Gasteiger partial charge in [-0.25, -0.2) is 0 Å². The lowest BCUT2D eigenvalue weighted by Gasteiger charge is -2.31. The van der Waals surface area contributed by atoms with Gasteiger partial charge in [-0.1, -0.05) is 0 Å². The summed E-state index contributed by atoms with van der Waals surface area (Å²) in [4.78, 5) is 32.0. The molecule has 16 heavy (non-hydrogen) atoms. The lowest BCUT2D eigenvalue weighted by atomic mass is 9.85. The highest BCUT2D eigenvalue weighted by Crippen LogP contribution is 2.23. The Hall–Kier alpha value is -1.63. The van der Waals surface area contributed by atoms with Crippen LogP contribution in [0.5, 0.6) is 0 Å². The normalized spacial score (nSPS) is 29.6. The molecule has 0 spiro atoms. The van der Waals surface area contributed by atoms with Crippen LogP contribution in [0.2, 0.25) is 0 Å². The quantitative estimate of drug-likeness (QED) is 0.507. The molecule has 90 valence electrons. The van der Waals surface area contributed by atoms with Gasteiger partial charge in [0.15, 0.2) is 0 Å². The number of hydrogen-bond donors (Lipinski definition) is 4. The summed E-state index contributed by atoms with van der Waals surface area (Å²) in [6.45, 7) is 0. The van der Waals surface area contributed by atoms with E-state index in [1.54, 1.807) is 0 Å². The summed E-state index contributed by atoms with van der Waals surface area (Å²) in [6.07, 6.45) is 0.0894. The molecule has 0 aromatic carbocycles. The van der Waals surface area contributed by atoms with Crippen LogP contribution in [0.15, 0.2) is 0 Å². The predicted octanol–water partition coefficient (Wildman–Crippen LogP) is -0.633. The largest absolute Gasteiger partial charge is 0.481 e. The number of rotatable bonds is 4. The minimum Gasteiger partial charge on any atom is -0.481 e. The molecule has 0 aromatic heterocycles. The third-order valence-electron chi connectivity index (χ3n) is 2.60. The van der Waals surface area contributed by atoms with Gasteiger partial charge in [-0.2, -0.15) is 0 Å². The second kappa shape index (κ2) is 4.93. The van der Waals surface area contributed by atoms with Crippen LogP contribution in [0.25, 0.3) is 0 Å². The zero-order valence-electron chi connectivity index (χ0n) is 8.42. The summed E-state index contributed by atoms with van der Waals surface area (Å²) in [7, 11) is 0. The molecule has 0 aromatic rings. The highest BCUT2D eigenvalue weighted by Gasteiger charge is 2.36. The van der Waals surface area contributed by atoms with Gasteiger partial charge in [0.1, 0.15) is 12.1 Å². The first-order chi connectivity index (χ1) is 7.40. The van der Waals surface area contributed by atoms with Crippen molar-refractivity contribution in [2.45, 2.75) is 31.3 Å². The predicted molar refractivity (Wildman–Crippen MR) is 51.0 cm³/mol. The van der Waals surface area contributed by atoms with E-state index in [0.717, 1.165) is 0 Å². The van der Waals surface area contributed by atoms with Gasteiger partial charge in [-0.3, -0.25) is 19.7 Å². The average molecular weight is 231 g/mol. The van der Waals surface area contributed by atoms with E-state index < -0.39 is 35.9 Å². The molecule has 1 saturated heterocycles. The van der Waals surface area contributed by atoms with Crippen molar-refractivity contribution in [1.29, 1.82) is 0 Å². The summed E-state index contributed by atoms with van der Waals surface area (Å²) < 4.78 is 0. The topological polar surface area (TPSA) is 124 Å². The Bertz CT molecular complexity index is 293. The van der Waals surface area contributed by atoms with E-state index in [1.165, 1.54) is 0 Å². The molecule has 7 heteroatoms. The summed E-state index contributed by atoms with van der Waals surface area (Å²) in [5.41, 5.74) is 0. The van der Waals surface area contributed by atoms with E-state index in [1.807, 2.05) is 0 Å². The maximum absolute atomic E-state index is 10.8. The van der Waals surface area contributed by atoms with E-state index in [-0.39, 0.29) is 19.3 Å². The van der Waals surface area contributed by atoms with Gasteiger partial charge in [-0.05, 0) is 18.8 Å². The van der Waals surface area contributed by atoms with Crippen molar-refractivity contribution >= 4 is 17.9 Å². The number of aliphatic carboxylic acids is 3. The van der Waals surface area contributed by atoms with E-state index >= 15 is 0 Å². The maximum atomic E-state index is 10.8. The van der Waals surface area contributed by atoms with Gasteiger partial charge in [0.25, 0.3) is 0 Å². The van der Waals surface area contributed by atoms with Crippen molar-refractivity contribution in [3.63, 3.8) is 0 Å². The Morgan fingerprint density at radius 3 is 1.75 bits per heavy atom. The first-order valence-electron chi connectivity index (χ1n) is 4.83. The van der Waals surface area contributed by atoms with Gasteiger partial charge < -0.3 is 15.3 Å². The maximum Gasteiger partial charge on any atom is 0.320 e. The number of nitrogens with one attached hydrogen (secondary N) is 1. The zero-order valence-corrected chi connectivity index (χ0v) is 8.42. The molecule has 0 aliphatic carbocycles. The summed E-state index contributed by atoms with van der Waals surface area (Å²) in [6, 6.07) is -1.97. The molecular weight excluding hydrogens is 218 g/mol. The molecule has 0 radical (unpaired) electrons. The SMILES string of the molecule is O=C(O)CC1CC(C(=O)O)NC(C(=O)O)C1. The van der Waals surface area contributed by atoms with Gasteiger partial charge >= 0.3 is 17.9 Å². The van der Waals surface area contributed by atoms with Gasteiger partial charge in [0, 0.05) is 6.42 Å². The molecule has 0 amide bonds. The van der Waals surface area contributed by atoms with Crippen LogP contribution in [0.4, 0.5) is 0 Å². The van der Waals surface area contributed by atoms with Gasteiger partial charge in [-0.15, -0.1) is 0 Å². The van der Waals surface area contributed by atoms with Crippen molar-refractivity contribution in [2.24, 2.45) is 5.92 Å². The molecule has 4 N–H and O–H groups in total. The molecular formula is C9H13NO6. The van der Waals surface area contributed by atoms with Crippen LogP contribution in [-0.2, 0) is 14.4 Å². The molecule has 2 unspecified atom stereocenters. The van der Waals surface area contributed by atoms with E-state index in [4.69, 9.17) is 15.3 Å². The Labute approximate surface area is 91.1 Å². The summed E-state index contributed by atoms with van der Waals surface area (Å²) in [5, 5.41) is 28.6. The molecule has 1 heterocycles. The third-order valence-corrected chi connectivity index (χ3v) is 2.60. The Balaban J connectivity index is 2.69. The average Bonchev–Trinajstić information content (AvgIpc) is 2.15. The molecule has 7 nitrogen and oxygen atoms in total. The molecule has 0 saturated carbocycles. The fraction of sp³-hybridized carbons (Fsp3) is 0.667. The van der Waals surface area contributed by atoms with Crippen LogP contribution in [-0.4, -0.2) is 45.3 Å². The van der Waals surface area contributed by atoms with Crippen molar-refractivity contribution in [2.75, 3.05) is 0 Å². The van der Waals surface area contributed by atoms with Crippen molar-refractivity contribution in [3.05, 3.63) is 0 Å². The third kappa shape index (κ3) is 3.20. The van der Waals surface area contributed by atoms with Crippen molar-refractivity contribution in [3.8, 4) is 0 Å². The number of hydrogen-bond acceptors (Lipinski definition) is 4. The number of carbonyl (C=O) groups is 3. The molecule has 1 fully saturated rings. The van der Waals surface area contributed by atoms with E-state index in [9.17, 15) is 14.4 Å². The van der Waals surface area contributed by atoms with Gasteiger partial charge in [0.05, 0.1) is 0 Å². The van der Waals surface area contributed by atoms with Crippen LogP contribution in [0.3, 0.4) is 0 Å². The summed E-state index contributed by atoms with van der Waals surface area (Å²) in [5.74, 6) is -3.76. The number of carboxylic acid groups (broad SMARTS) is 3. The van der Waals surface area contributed by atoms with Crippen LogP contribution in [0, 0.1) is 5.92 Å². The smallest absolute Gasteiger partial charge is 0.320 e. The lowest BCUT2D eigenvalue weighted by Crippen LogP contribution is -2.53. The van der Waals surface area contributed by atoms with Crippen LogP contribution in [0.1, 0.15) is 19.3 Å². The second-order valence-corrected chi connectivity index (χ2v) is 3.88. The molecule has 1 aliphatic rings. The Morgan fingerprint density at radius 1 is 1.00 bits per heavy atom. The number of carboxylic acids is 3. The first kappa shape index (κ1) is 12.4. The first-order valence-corrected chi connectivity index (χ1v) is 4.83. The fourth-order valence-electron chi connectivity index (χ4n) is 1.90. The zero-order chi connectivity index (χ0) is 12.3. The van der Waals surface area contributed by atoms with Crippen molar-refractivity contribution < 1.29 is 29.7 Å². The lowest BCUT2D eigenvalue weighted by molar-refractivity contribution is -0.147. The highest BCUT2D eigenvalue weighted by atomic mass is 16.4. The minimum atomic E-state index is -1.15. The van der Waals surface area contributed by atoms with Crippen LogP contribution < -0.4 is 5.32 Å². The van der Waals surface area contributed by atoms with Gasteiger partial charge in [0.2, 0.25) is 0 Å². The van der Waals surface area contributed by atoms with Crippen LogP contribution >= 0.6 is 0 Å². The fourth-order valence-corrected chi connectivity index (χ4v) is 1.90. The van der Waals surface area contributed by atoms with E-state index in [0.29, 0.717) is 0 Å². The van der Waals surface area contributed by atoms with E-state index in [2.05, 4.69) is 5.32 Å². The minimum absolute atomic E-state index is 0.144. The molecule has 2 atom stereocenters. The molecule has 1 rings (SSSR count). The second-order valence-electron chi connectivity index (χ2n) is 3.88. The summed E-state index contributed by atoms with van der Waals surface area (Å²) >= 11 is 0. The highest BCUT2D eigenvalue weighted by molar-refractivity contribution is 5.78. The molecule has 1 aliphatic heterocycles.